The van der Waals surface area contributed by atoms with Gasteiger partial charge in [-0.25, -0.2) is 0 Å². The van der Waals surface area contributed by atoms with E-state index in [0.717, 1.165) is 0 Å². The first kappa shape index (κ1) is 9.45. The molecular weight excluding hydrogens is 176 g/mol. The molecule has 4 heteroatoms. The monoisotopic (exact) mass is 188 g/mol. The van der Waals surface area contributed by atoms with Crippen molar-refractivity contribution in [1.82, 2.24) is 0 Å². The smallest absolute Gasteiger partial charge is 0.200 e. The van der Waals surface area contributed by atoms with Gasteiger partial charge in [0.15, 0.2) is 5.76 Å². The van der Waals surface area contributed by atoms with Gasteiger partial charge in [0.25, 0.3) is 0 Å². The predicted molar refractivity (Wildman–Crippen MR) is 48.5 cm³/mol. The first-order chi connectivity index (χ1) is 5.52. The molecule has 2 N–H and O–H groups in total. The van der Waals surface area contributed by atoms with Crippen molar-refractivity contribution in [3.8, 4) is 0 Å². The number of hydrogen-bond acceptors (Lipinski definition) is 4. The fourth-order valence-corrected chi connectivity index (χ4v) is 1.46. The first-order valence-electron chi connectivity index (χ1n) is 3.84. The van der Waals surface area contributed by atoms with Gasteiger partial charge >= 0.3 is 0 Å². The molecule has 0 aliphatic heterocycles. The number of aliphatic hydroxyl groups excluding tert-OH is 2. The van der Waals surface area contributed by atoms with E-state index < -0.39 is 5.76 Å². The summed E-state index contributed by atoms with van der Waals surface area (Å²) in [6, 6.07) is 0. The molecule has 0 amide bonds. The highest BCUT2D eigenvalue weighted by atomic mass is 32.1. The SMILES string of the molecule is CC(S)C1CC(=O)C(O)=C(O)C1. The van der Waals surface area contributed by atoms with Crippen molar-refractivity contribution in [3.63, 3.8) is 0 Å². The number of Topliss-reactive ketones (excluding diaryl/α,β-unsaturated/α-hetero) is 1. The molecule has 0 saturated heterocycles. The topological polar surface area (TPSA) is 57.5 Å². The standard InChI is InChI=1S/C8H12O3S/c1-4(12)5-2-6(9)8(11)7(10)3-5/h4-5,9,11-12H,2-3H2,1H3. The Morgan fingerprint density at radius 3 is 2.50 bits per heavy atom. The minimum Gasteiger partial charge on any atom is -0.508 e. The zero-order chi connectivity index (χ0) is 9.30. The van der Waals surface area contributed by atoms with Gasteiger partial charge in [0, 0.05) is 18.1 Å². The molecule has 0 aromatic rings. The first-order valence-corrected chi connectivity index (χ1v) is 4.36. The Hall–Kier alpha value is -0.640. The molecule has 12 heavy (non-hydrogen) atoms. The fourth-order valence-electron chi connectivity index (χ4n) is 1.25. The van der Waals surface area contributed by atoms with Crippen molar-refractivity contribution in [3.05, 3.63) is 11.5 Å². The molecule has 0 aromatic heterocycles. The highest BCUT2D eigenvalue weighted by molar-refractivity contribution is 7.80. The number of rotatable bonds is 1. The molecule has 0 aromatic carbocycles. The Balaban J connectivity index is 2.78. The van der Waals surface area contributed by atoms with Gasteiger partial charge in [-0.15, -0.1) is 0 Å². The maximum atomic E-state index is 11.0. The molecule has 0 spiro atoms. The van der Waals surface area contributed by atoms with Crippen LogP contribution in [0.15, 0.2) is 11.5 Å². The van der Waals surface area contributed by atoms with Crippen molar-refractivity contribution < 1.29 is 15.0 Å². The summed E-state index contributed by atoms with van der Waals surface area (Å²) in [4.78, 5) is 11.0. The molecule has 0 fully saturated rings. The lowest BCUT2D eigenvalue weighted by molar-refractivity contribution is -0.120. The highest BCUT2D eigenvalue weighted by Crippen LogP contribution is 2.28. The summed E-state index contributed by atoms with van der Waals surface area (Å²) in [5.74, 6) is -1.02. The molecule has 2 unspecified atom stereocenters. The normalized spacial score (nSPS) is 27.5. The lowest BCUT2D eigenvalue weighted by Gasteiger charge is -2.23. The van der Waals surface area contributed by atoms with Crippen LogP contribution < -0.4 is 0 Å². The molecule has 1 aliphatic carbocycles. The van der Waals surface area contributed by atoms with Crippen molar-refractivity contribution in [1.29, 1.82) is 0 Å². The average molecular weight is 188 g/mol. The lowest BCUT2D eigenvalue weighted by Crippen LogP contribution is -2.24. The molecule has 0 bridgehead atoms. The molecule has 1 rings (SSSR count). The second-order valence-corrected chi connectivity index (χ2v) is 3.94. The summed E-state index contributed by atoms with van der Waals surface area (Å²) in [5, 5.41) is 18.2. The quantitative estimate of drug-likeness (QED) is 0.548. The largest absolute Gasteiger partial charge is 0.508 e. The highest BCUT2D eigenvalue weighted by Gasteiger charge is 2.29. The van der Waals surface area contributed by atoms with Crippen LogP contribution in [0.4, 0.5) is 0 Å². The lowest BCUT2D eigenvalue weighted by atomic mass is 9.89. The van der Waals surface area contributed by atoms with Gasteiger partial charge in [0.1, 0.15) is 5.76 Å². The van der Waals surface area contributed by atoms with Crippen LogP contribution in [0.25, 0.3) is 0 Å². The number of ketones is 1. The summed E-state index contributed by atoms with van der Waals surface area (Å²) in [6.07, 6.45) is 0.628. The summed E-state index contributed by atoms with van der Waals surface area (Å²) < 4.78 is 0. The van der Waals surface area contributed by atoms with Crippen LogP contribution in [0.5, 0.6) is 0 Å². The van der Waals surface area contributed by atoms with Crippen LogP contribution in [-0.2, 0) is 4.79 Å². The van der Waals surface area contributed by atoms with E-state index in [-0.39, 0.29) is 29.1 Å². The van der Waals surface area contributed by atoms with E-state index in [1.165, 1.54) is 0 Å². The minimum absolute atomic E-state index is 0.0386. The summed E-state index contributed by atoms with van der Waals surface area (Å²) in [7, 11) is 0. The van der Waals surface area contributed by atoms with E-state index >= 15 is 0 Å². The van der Waals surface area contributed by atoms with E-state index in [0.29, 0.717) is 6.42 Å². The third-order valence-corrected chi connectivity index (χ3v) is 2.54. The predicted octanol–water partition coefficient (Wildman–Crippen LogP) is 1.61. The Kier molecular flexibility index (Phi) is 2.67. The fraction of sp³-hybridized carbons (Fsp3) is 0.625. The van der Waals surface area contributed by atoms with E-state index in [1.807, 2.05) is 6.92 Å². The minimum atomic E-state index is -0.472. The molecule has 0 radical (unpaired) electrons. The Bertz CT molecular complexity index is 232. The van der Waals surface area contributed by atoms with Crippen LogP contribution in [0.1, 0.15) is 19.8 Å². The second kappa shape index (κ2) is 3.39. The van der Waals surface area contributed by atoms with E-state index in [9.17, 15) is 4.79 Å². The number of carbonyl (C=O) groups is 1. The molecule has 2 atom stereocenters. The zero-order valence-corrected chi connectivity index (χ0v) is 7.71. The number of aliphatic hydroxyl groups is 2. The summed E-state index contributed by atoms with van der Waals surface area (Å²) >= 11 is 4.18. The number of hydrogen-bond donors (Lipinski definition) is 3. The second-order valence-electron chi connectivity index (χ2n) is 3.13. The maximum Gasteiger partial charge on any atom is 0.200 e. The average Bonchev–Trinajstić information content (AvgIpc) is 1.99. The summed E-state index contributed by atoms with van der Waals surface area (Å²) in [5.41, 5.74) is 0. The summed E-state index contributed by atoms with van der Waals surface area (Å²) in [6.45, 7) is 1.87. The zero-order valence-electron chi connectivity index (χ0n) is 6.82. The van der Waals surface area contributed by atoms with Crippen molar-refractivity contribution in [2.24, 2.45) is 5.92 Å². The van der Waals surface area contributed by atoms with Crippen LogP contribution in [0.3, 0.4) is 0 Å². The van der Waals surface area contributed by atoms with E-state index in [4.69, 9.17) is 10.2 Å². The molecular formula is C8H12O3S. The third kappa shape index (κ3) is 1.75. The Morgan fingerprint density at radius 1 is 1.50 bits per heavy atom. The maximum absolute atomic E-state index is 11.0. The third-order valence-electron chi connectivity index (χ3n) is 2.12. The van der Waals surface area contributed by atoms with Crippen LogP contribution in [0, 0.1) is 5.92 Å². The van der Waals surface area contributed by atoms with Gasteiger partial charge in [0.05, 0.1) is 0 Å². The molecule has 0 heterocycles. The molecule has 68 valence electrons. The van der Waals surface area contributed by atoms with Gasteiger partial charge in [-0.05, 0) is 5.92 Å². The van der Waals surface area contributed by atoms with Gasteiger partial charge in [-0.2, -0.15) is 12.6 Å². The van der Waals surface area contributed by atoms with Gasteiger partial charge in [-0.1, -0.05) is 6.92 Å². The molecule has 0 saturated carbocycles. The van der Waals surface area contributed by atoms with Gasteiger partial charge in [0.2, 0.25) is 5.78 Å². The number of thiol groups is 1. The van der Waals surface area contributed by atoms with Crippen LogP contribution in [-0.4, -0.2) is 21.2 Å². The molecule has 1 aliphatic rings. The van der Waals surface area contributed by atoms with Crippen LogP contribution >= 0.6 is 12.6 Å². The Morgan fingerprint density at radius 2 is 2.08 bits per heavy atom. The van der Waals surface area contributed by atoms with Gasteiger partial charge < -0.3 is 10.2 Å². The number of allylic oxidation sites excluding steroid dienone is 2. The molecule has 3 nitrogen and oxygen atoms in total. The Labute approximate surface area is 76.5 Å². The number of carbonyl (C=O) groups excluding carboxylic acids is 1. The van der Waals surface area contributed by atoms with Gasteiger partial charge in [-0.3, -0.25) is 4.79 Å². The van der Waals surface area contributed by atoms with Crippen molar-refractivity contribution >= 4 is 18.4 Å². The van der Waals surface area contributed by atoms with Crippen molar-refractivity contribution in [2.45, 2.75) is 25.0 Å². The van der Waals surface area contributed by atoms with Crippen LogP contribution in [0.2, 0.25) is 0 Å². The van der Waals surface area contributed by atoms with E-state index in [2.05, 4.69) is 12.6 Å². The van der Waals surface area contributed by atoms with Crippen molar-refractivity contribution in [2.75, 3.05) is 0 Å². The van der Waals surface area contributed by atoms with E-state index in [1.54, 1.807) is 0 Å².